The normalized spacial score (nSPS) is 23.6. The lowest BCUT2D eigenvalue weighted by atomic mass is 9.83. The molecule has 12 heteroatoms. The SMILES string of the molecule is COc1ccc([N+](=O)[O-])c(NCCC2CCC3(CC2)OCCO3)c1.[N-]=[N+]=NCCC1CCC2(CC1)OCCO2. The average molecular weight is 548 g/mol. The summed E-state index contributed by atoms with van der Waals surface area (Å²) in [7, 11) is 1.55. The summed E-state index contributed by atoms with van der Waals surface area (Å²) in [6.07, 6.45) is 10.2. The zero-order valence-electron chi connectivity index (χ0n) is 22.8. The lowest BCUT2D eigenvalue weighted by Crippen LogP contribution is -2.35. The second-order valence-electron chi connectivity index (χ2n) is 10.7. The van der Waals surface area contributed by atoms with E-state index in [1.54, 1.807) is 19.2 Å². The largest absolute Gasteiger partial charge is 0.497 e. The fourth-order valence-corrected chi connectivity index (χ4v) is 6.02. The molecule has 1 N–H and O–H groups in total. The highest BCUT2D eigenvalue weighted by Gasteiger charge is 2.41. The van der Waals surface area contributed by atoms with Gasteiger partial charge in [-0.15, -0.1) is 0 Å². The molecule has 1 aromatic rings. The summed E-state index contributed by atoms with van der Waals surface area (Å²) in [5.74, 6) is 1.30. The number of ether oxygens (including phenoxy) is 5. The molecule has 5 rings (SSSR count). The third kappa shape index (κ3) is 8.18. The fraction of sp³-hybridized carbons (Fsp3) is 0.778. The van der Waals surface area contributed by atoms with Crippen LogP contribution in [-0.2, 0) is 18.9 Å². The molecule has 4 fully saturated rings. The molecule has 0 bridgehead atoms. The van der Waals surface area contributed by atoms with Crippen molar-refractivity contribution in [3.8, 4) is 5.75 Å². The number of anilines is 1. The van der Waals surface area contributed by atoms with Gasteiger partial charge in [-0.25, -0.2) is 0 Å². The van der Waals surface area contributed by atoms with Gasteiger partial charge in [0.05, 0.1) is 38.5 Å². The number of nitro benzene ring substituents is 1. The first-order chi connectivity index (χ1) is 19.0. The van der Waals surface area contributed by atoms with Crippen molar-refractivity contribution in [1.29, 1.82) is 0 Å². The first kappa shape index (κ1) is 29.4. The minimum Gasteiger partial charge on any atom is -0.497 e. The molecule has 0 amide bonds. The van der Waals surface area contributed by atoms with Crippen LogP contribution in [0.1, 0.15) is 64.2 Å². The van der Waals surface area contributed by atoms with E-state index in [2.05, 4.69) is 15.3 Å². The topological polar surface area (TPSA) is 150 Å². The summed E-state index contributed by atoms with van der Waals surface area (Å²) >= 11 is 0. The van der Waals surface area contributed by atoms with Gasteiger partial charge in [0.15, 0.2) is 11.6 Å². The van der Waals surface area contributed by atoms with Crippen molar-refractivity contribution < 1.29 is 28.6 Å². The van der Waals surface area contributed by atoms with Gasteiger partial charge < -0.3 is 29.0 Å². The van der Waals surface area contributed by atoms with E-state index in [0.29, 0.717) is 49.6 Å². The Hall–Kier alpha value is -2.63. The zero-order chi connectivity index (χ0) is 27.6. The van der Waals surface area contributed by atoms with Crippen LogP contribution < -0.4 is 10.1 Å². The number of rotatable bonds is 9. The molecule has 12 nitrogen and oxygen atoms in total. The summed E-state index contributed by atoms with van der Waals surface area (Å²) in [5, 5.41) is 17.9. The molecule has 0 unspecified atom stereocenters. The Balaban J connectivity index is 0.000000202. The maximum atomic E-state index is 11.1. The quantitative estimate of drug-likeness (QED) is 0.131. The van der Waals surface area contributed by atoms with Crippen LogP contribution in [0.4, 0.5) is 11.4 Å². The number of hydrogen-bond acceptors (Lipinski definition) is 9. The number of nitrogens with zero attached hydrogens (tertiary/aromatic N) is 4. The number of hydrogen-bond donors (Lipinski definition) is 1. The highest BCUT2D eigenvalue weighted by Crippen LogP contribution is 2.40. The maximum absolute atomic E-state index is 11.1. The molecule has 4 aliphatic rings. The standard InChI is InChI=1S/C17H24N2O5.C10H17N3O2/c1-22-14-2-3-16(19(20)21)15(12-14)18-9-6-13-4-7-17(8-5-13)23-10-11-24-17;11-13-12-6-3-9-1-4-10(5-2-9)14-7-8-15-10/h2-3,12-13,18H,4-11H2,1H3;9H,1-8H2. The molecule has 0 radical (unpaired) electrons. The smallest absolute Gasteiger partial charge is 0.292 e. The van der Waals surface area contributed by atoms with Gasteiger partial charge in [0, 0.05) is 55.8 Å². The van der Waals surface area contributed by atoms with Gasteiger partial charge in [0.1, 0.15) is 11.4 Å². The van der Waals surface area contributed by atoms with E-state index < -0.39 is 0 Å². The van der Waals surface area contributed by atoms with E-state index in [0.717, 1.165) is 77.4 Å². The first-order valence-electron chi connectivity index (χ1n) is 14.1. The molecular weight excluding hydrogens is 506 g/mol. The van der Waals surface area contributed by atoms with Crippen molar-refractivity contribution in [1.82, 2.24) is 0 Å². The average Bonchev–Trinajstić information content (AvgIpc) is 3.61. The number of nitro groups is 1. The number of benzene rings is 1. The van der Waals surface area contributed by atoms with Gasteiger partial charge in [0.2, 0.25) is 0 Å². The highest BCUT2D eigenvalue weighted by molar-refractivity contribution is 5.64. The number of methoxy groups -OCH3 is 1. The van der Waals surface area contributed by atoms with Crippen molar-refractivity contribution in [3.63, 3.8) is 0 Å². The predicted molar refractivity (Wildman–Crippen MR) is 145 cm³/mol. The third-order valence-electron chi connectivity index (χ3n) is 8.33. The van der Waals surface area contributed by atoms with Gasteiger partial charge >= 0.3 is 0 Å². The number of nitrogens with one attached hydrogen (secondary N) is 1. The Bertz CT molecular complexity index is 971. The van der Waals surface area contributed by atoms with Gasteiger partial charge in [-0.05, 0) is 62.0 Å². The molecule has 2 saturated carbocycles. The summed E-state index contributed by atoms with van der Waals surface area (Å²) in [4.78, 5) is 13.5. The lowest BCUT2D eigenvalue weighted by Gasteiger charge is -2.35. The Kier molecular flexibility index (Phi) is 10.6. The molecule has 1 aromatic carbocycles. The summed E-state index contributed by atoms with van der Waals surface area (Å²) in [5.41, 5.74) is 8.77. The van der Waals surface area contributed by atoms with Crippen molar-refractivity contribution in [2.75, 3.05) is 51.9 Å². The molecule has 216 valence electrons. The molecule has 39 heavy (non-hydrogen) atoms. The van der Waals surface area contributed by atoms with Crippen LogP contribution in [0.5, 0.6) is 5.75 Å². The second-order valence-corrected chi connectivity index (χ2v) is 10.7. The van der Waals surface area contributed by atoms with Crippen LogP contribution in [0.3, 0.4) is 0 Å². The first-order valence-corrected chi connectivity index (χ1v) is 14.1. The fourth-order valence-electron chi connectivity index (χ4n) is 6.02. The van der Waals surface area contributed by atoms with E-state index in [9.17, 15) is 10.1 Å². The summed E-state index contributed by atoms with van der Waals surface area (Å²) in [6, 6.07) is 4.75. The van der Waals surface area contributed by atoms with E-state index in [-0.39, 0.29) is 22.2 Å². The van der Waals surface area contributed by atoms with Crippen molar-refractivity contribution in [2.45, 2.75) is 75.8 Å². The molecule has 2 spiro atoms. The van der Waals surface area contributed by atoms with Gasteiger partial charge in [-0.1, -0.05) is 5.11 Å². The summed E-state index contributed by atoms with van der Waals surface area (Å²) in [6.45, 7) is 4.20. The van der Waals surface area contributed by atoms with E-state index in [4.69, 9.17) is 29.2 Å². The van der Waals surface area contributed by atoms with Gasteiger partial charge in [-0.3, -0.25) is 10.1 Å². The monoisotopic (exact) mass is 547 g/mol. The van der Waals surface area contributed by atoms with Crippen LogP contribution in [-0.4, -0.2) is 63.1 Å². The van der Waals surface area contributed by atoms with Crippen LogP contribution in [0.25, 0.3) is 10.4 Å². The number of azide groups is 1. The lowest BCUT2D eigenvalue weighted by molar-refractivity contribution is -0.384. The minimum absolute atomic E-state index is 0.0751. The minimum atomic E-state index is -0.374. The van der Waals surface area contributed by atoms with Crippen molar-refractivity contribution in [2.24, 2.45) is 17.0 Å². The molecule has 2 aliphatic carbocycles. The van der Waals surface area contributed by atoms with Crippen LogP contribution in [0.2, 0.25) is 0 Å². The molecular formula is C27H41N5O7. The second kappa shape index (κ2) is 14.1. The van der Waals surface area contributed by atoms with E-state index in [1.165, 1.54) is 6.07 Å². The van der Waals surface area contributed by atoms with Crippen LogP contribution in [0.15, 0.2) is 23.3 Å². The Morgan fingerprint density at radius 3 is 2.03 bits per heavy atom. The Morgan fingerprint density at radius 1 is 1.00 bits per heavy atom. The van der Waals surface area contributed by atoms with Crippen molar-refractivity contribution in [3.05, 3.63) is 38.8 Å². The van der Waals surface area contributed by atoms with Gasteiger partial charge in [0.25, 0.3) is 5.69 Å². The predicted octanol–water partition coefficient (Wildman–Crippen LogP) is 5.96. The molecule has 2 heterocycles. The maximum Gasteiger partial charge on any atom is 0.292 e. The molecule has 2 saturated heterocycles. The Morgan fingerprint density at radius 2 is 1.54 bits per heavy atom. The zero-order valence-corrected chi connectivity index (χ0v) is 22.8. The summed E-state index contributed by atoms with van der Waals surface area (Å²) < 4.78 is 27.9. The Labute approximate surface area is 229 Å². The van der Waals surface area contributed by atoms with Gasteiger partial charge in [-0.2, -0.15) is 0 Å². The molecule has 0 atom stereocenters. The molecule has 2 aliphatic heterocycles. The molecule has 0 aromatic heterocycles. The van der Waals surface area contributed by atoms with Crippen LogP contribution in [0, 0.1) is 22.0 Å². The van der Waals surface area contributed by atoms with E-state index in [1.807, 2.05) is 0 Å². The third-order valence-corrected chi connectivity index (χ3v) is 8.33. The van der Waals surface area contributed by atoms with E-state index >= 15 is 0 Å². The highest BCUT2D eigenvalue weighted by atomic mass is 16.7. The van der Waals surface area contributed by atoms with Crippen molar-refractivity contribution >= 4 is 11.4 Å². The van der Waals surface area contributed by atoms with Crippen LogP contribution >= 0.6 is 0 Å².